The molecule has 0 aromatic heterocycles. The van der Waals surface area contributed by atoms with Crippen molar-refractivity contribution in [3.63, 3.8) is 0 Å². The zero-order valence-corrected chi connectivity index (χ0v) is 45.7. The van der Waals surface area contributed by atoms with Gasteiger partial charge in [-0.3, -0.25) is 14.4 Å². The van der Waals surface area contributed by atoms with Crippen molar-refractivity contribution in [1.29, 1.82) is 0 Å². The van der Waals surface area contributed by atoms with Gasteiger partial charge in [-0.2, -0.15) is 0 Å². The summed E-state index contributed by atoms with van der Waals surface area (Å²) in [6.45, 7) is 6.67. The van der Waals surface area contributed by atoms with Crippen LogP contribution in [0.5, 0.6) is 0 Å². The molecule has 67 heavy (non-hydrogen) atoms. The molecule has 0 spiro atoms. The van der Waals surface area contributed by atoms with Crippen LogP contribution in [0.25, 0.3) is 0 Å². The number of hydrogen-bond acceptors (Lipinski definition) is 6. The van der Waals surface area contributed by atoms with Crippen LogP contribution in [0.2, 0.25) is 0 Å². The minimum Gasteiger partial charge on any atom is -0.462 e. The highest BCUT2D eigenvalue weighted by molar-refractivity contribution is 5.71. The molecule has 0 rings (SSSR count). The van der Waals surface area contributed by atoms with Gasteiger partial charge in [-0.1, -0.05) is 316 Å². The third-order valence-electron chi connectivity index (χ3n) is 14.1. The van der Waals surface area contributed by atoms with Gasteiger partial charge in [0, 0.05) is 19.3 Å². The van der Waals surface area contributed by atoms with E-state index >= 15 is 0 Å². The second-order valence-corrected chi connectivity index (χ2v) is 21.0. The molecule has 0 radical (unpaired) electrons. The van der Waals surface area contributed by atoms with E-state index in [-0.39, 0.29) is 31.1 Å². The molecule has 1 atom stereocenters. The largest absolute Gasteiger partial charge is 0.462 e. The summed E-state index contributed by atoms with van der Waals surface area (Å²) in [4.78, 5) is 38.0. The fraction of sp³-hybridized carbons (Fsp3) is 0.951. The quantitative estimate of drug-likeness (QED) is 0.0343. The molecule has 6 nitrogen and oxygen atoms in total. The number of unbranched alkanes of at least 4 members (excludes halogenated alkanes) is 46. The molecule has 0 saturated heterocycles. The lowest BCUT2D eigenvalue weighted by atomic mass is 10.0. The van der Waals surface area contributed by atoms with E-state index in [2.05, 4.69) is 20.8 Å². The fourth-order valence-corrected chi connectivity index (χ4v) is 9.51. The van der Waals surface area contributed by atoms with Crippen LogP contribution >= 0.6 is 0 Å². The van der Waals surface area contributed by atoms with E-state index in [4.69, 9.17) is 14.2 Å². The summed E-state index contributed by atoms with van der Waals surface area (Å²) in [5, 5.41) is 0. The number of hydrogen-bond donors (Lipinski definition) is 0. The molecule has 0 fully saturated rings. The second kappa shape index (κ2) is 57.0. The van der Waals surface area contributed by atoms with Gasteiger partial charge in [0.25, 0.3) is 0 Å². The average Bonchev–Trinajstić information content (AvgIpc) is 3.33. The van der Waals surface area contributed by atoms with Crippen molar-refractivity contribution in [3.05, 3.63) is 0 Å². The first-order chi connectivity index (χ1) is 33.0. The van der Waals surface area contributed by atoms with Gasteiger partial charge < -0.3 is 14.2 Å². The Kier molecular flexibility index (Phi) is 55.6. The topological polar surface area (TPSA) is 78.9 Å². The third-order valence-corrected chi connectivity index (χ3v) is 14.1. The molecular weight excluding hydrogens is 829 g/mol. The molecule has 0 aliphatic rings. The van der Waals surface area contributed by atoms with Crippen molar-refractivity contribution in [2.45, 2.75) is 361 Å². The van der Waals surface area contributed by atoms with E-state index in [0.717, 1.165) is 57.8 Å². The Morgan fingerprint density at radius 3 is 0.597 bits per heavy atom. The zero-order chi connectivity index (χ0) is 48.6. The Hall–Kier alpha value is -1.59. The molecule has 0 bridgehead atoms. The summed E-state index contributed by atoms with van der Waals surface area (Å²) in [6, 6.07) is 0. The van der Waals surface area contributed by atoms with Gasteiger partial charge in [-0.15, -0.1) is 0 Å². The van der Waals surface area contributed by atoms with Gasteiger partial charge in [-0.25, -0.2) is 0 Å². The summed E-state index contributed by atoms with van der Waals surface area (Å²) in [5.41, 5.74) is 0. The molecule has 0 aliphatic heterocycles. The van der Waals surface area contributed by atoms with Crippen LogP contribution in [0.15, 0.2) is 0 Å². The van der Waals surface area contributed by atoms with Gasteiger partial charge in [0.1, 0.15) is 13.2 Å². The van der Waals surface area contributed by atoms with Crippen molar-refractivity contribution in [3.8, 4) is 0 Å². The van der Waals surface area contributed by atoms with Gasteiger partial charge in [0.15, 0.2) is 6.10 Å². The predicted octanol–water partition coefficient (Wildman–Crippen LogP) is 20.3. The van der Waals surface area contributed by atoms with Crippen LogP contribution in [-0.2, 0) is 28.6 Å². The molecule has 0 amide bonds. The van der Waals surface area contributed by atoms with Crippen LogP contribution in [0, 0.1) is 0 Å². The maximum absolute atomic E-state index is 12.8. The summed E-state index contributed by atoms with van der Waals surface area (Å²) < 4.78 is 16.8. The van der Waals surface area contributed by atoms with Crippen molar-refractivity contribution < 1.29 is 28.6 Å². The minimum absolute atomic E-state index is 0.0618. The number of carbonyl (C=O) groups is 3. The molecule has 6 heteroatoms. The Morgan fingerprint density at radius 2 is 0.403 bits per heavy atom. The first kappa shape index (κ1) is 65.4. The molecule has 0 aromatic rings. The highest BCUT2D eigenvalue weighted by Crippen LogP contribution is 2.18. The van der Waals surface area contributed by atoms with Crippen molar-refractivity contribution in [1.82, 2.24) is 0 Å². The van der Waals surface area contributed by atoms with Crippen molar-refractivity contribution >= 4 is 17.9 Å². The summed E-state index contributed by atoms with van der Waals surface area (Å²) in [7, 11) is 0. The maximum Gasteiger partial charge on any atom is 0.306 e. The van der Waals surface area contributed by atoms with Crippen LogP contribution in [0.3, 0.4) is 0 Å². The van der Waals surface area contributed by atoms with E-state index in [1.165, 1.54) is 257 Å². The van der Waals surface area contributed by atoms with E-state index < -0.39 is 6.10 Å². The average molecular weight is 948 g/mol. The zero-order valence-electron chi connectivity index (χ0n) is 45.7. The van der Waals surface area contributed by atoms with Crippen LogP contribution < -0.4 is 0 Å². The monoisotopic (exact) mass is 947 g/mol. The Labute approximate surface area is 418 Å². The molecule has 398 valence electrons. The van der Waals surface area contributed by atoms with Gasteiger partial charge in [-0.05, 0) is 19.3 Å². The van der Waals surface area contributed by atoms with Crippen LogP contribution in [0.4, 0.5) is 0 Å². The van der Waals surface area contributed by atoms with E-state index in [0.29, 0.717) is 19.3 Å². The maximum atomic E-state index is 12.8. The summed E-state index contributed by atoms with van der Waals surface area (Å²) in [6.07, 6.45) is 64.2. The van der Waals surface area contributed by atoms with Gasteiger partial charge >= 0.3 is 17.9 Å². The molecule has 0 heterocycles. The molecular formula is C61H118O6. The first-order valence-electron chi connectivity index (χ1n) is 30.5. The number of esters is 3. The van der Waals surface area contributed by atoms with Crippen LogP contribution in [-0.4, -0.2) is 37.2 Å². The highest BCUT2D eigenvalue weighted by atomic mass is 16.6. The summed E-state index contributed by atoms with van der Waals surface area (Å²) >= 11 is 0. The van der Waals surface area contributed by atoms with Gasteiger partial charge in [0.2, 0.25) is 0 Å². The number of ether oxygens (including phenoxy) is 3. The Morgan fingerprint density at radius 1 is 0.239 bits per heavy atom. The van der Waals surface area contributed by atoms with E-state index in [9.17, 15) is 14.4 Å². The lowest BCUT2D eigenvalue weighted by Gasteiger charge is -2.18. The fourth-order valence-electron chi connectivity index (χ4n) is 9.51. The summed E-state index contributed by atoms with van der Waals surface area (Å²) in [5.74, 6) is -0.840. The standard InChI is InChI=1S/C61H118O6/c1-4-7-10-13-16-19-21-23-24-25-26-27-28-29-30-31-32-33-34-35-36-37-39-40-42-45-48-51-54-60(63)66-57-58(56-65-59(62)53-50-47-44-18-15-12-9-6-3)67-61(64)55-52-49-46-43-41-38-22-20-17-14-11-8-5-2/h58H,4-57H2,1-3H3. The first-order valence-corrected chi connectivity index (χ1v) is 30.5. The smallest absolute Gasteiger partial charge is 0.306 e. The van der Waals surface area contributed by atoms with Crippen molar-refractivity contribution in [2.24, 2.45) is 0 Å². The lowest BCUT2D eigenvalue weighted by Crippen LogP contribution is -2.30. The van der Waals surface area contributed by atoms with Crippen LogP contribution in [0.1, 0.15) is 355 Å². The van der Waals surface area contributed by atoms with Crippen molar-refractivity contribution in [2.75, 3.05) is 13.2 Å². The molecule has 0 aromatic carbocycles. The Balaban J connectivity index is 4.00. The Bertz CT molecular complexity index is 998. The second-order valence-electron chi connectivity index (χ2n) is 21.0. The third kappa shape index (κ3) is 55.2. The molecule has 0 aliphatic carbocycles. The SMILES string of the molecule is CCCCCCCCCCCCCCCCCCCCCCCCCCCCCCC(=O)OCC(COC(=O)CCCCCCCCCC)OC(=O)CCCCCCCCCCCCCCC. The molecule has 0 N–H and O–H groups in total. The number of carbonyl (C=O) groups excluding carboxylic acids is 3. The van der Waals surface area contributed by atoms with E-state index in [1.807, 2.05) is 0 Å². The minimum atomic E-state index is -0.760. The molecule has 1 unspecified atom stereocenters. The number of rotatable bonds is 57. The normalized spacial score (nSPS) is 11.9. The molecule has 0 saturated carbocycles. The highest BCUT2D eigenvalue weighted by Gasteiger charge is 2.19. The van der Waals surface area contributed by atoms with Gasteiger partial charge in [0.05, 0.1) is 0 Å². The predicted molar refractivity (Wildman–Crippen MR) is 289 cm³/mol. The lowest BCUT2D eigenvalue weighted by molar-refractivity contribution is -0.167. The van der Waals surface area contributed by atoms with E-state index in [1.54, 1.807) is 0 Å².